The fraction of sp³-hybridized carbons (Fsp3) is 0.611. The van der Waals surface area contributed by atoms with Gasteiger partial charge in [-0.2, -0.15) is 0 Å². The number of hydrogen-bond acceptors (Lipinski definition) is 4. The molecule has 2 aliphatic heterocycles. The molecule has 2 saturated heterocycles. The molecule has 1 aromatic heterocycles. The van der Waals surface area contributed by atoms with E-state index in [1.165, 1.54) is 6.42 Å². The molecular weight excluding hydrogens is 306 g/mol. The van der Waals surface area contributed by atoms with Crippen LogP contribution >= 0.6 is 0 Å². The number of rotatable bonds is 3. The predicted octanol–water partition coefficient (Wildman–Crippen LogP) is 1.96. The van der Waals surface area contributed by atoms with E-state index in [2.05, 4.69) is 11.9 Å². The highest BCUT2D eigenvalue weighted by Gasteiger charge is 2.28. The summed E-state index contributed by atoms with van der Waals surface area (Å²) >= 11 is 0. The molecule has 2 fully saturated rings. The van der Waals surface area contributed by atoms with Crippen LogP contribution in [0.25, 0.3) is 0 Å². The average molecular weight is 331 g/mol. The van der Waals surface area contributed by atoms with E-state index >= 15 is 0 Å². The van der Waals surface area contributed by atoms with Crippen LogP contribution in [0.5, 0.6) is 0 Å². The van der Waals surface area contributed by atoms with E-state index in [9.17, 15) is 9.59 Å². The van der Waals surface area contributed by atoms with Crippen molar-refractivity contribution in [3.63, 3.8) is 0 Å². The Kier molecular flexibility index (Phi) is 5.45. The maximum Gasteiger partial charge on any atom is 0.272 e. The molecular formula is C18H25N3O3. The van der Waals surface area contributed by atoms with Crippen molar-refractivity contribution in [3.05, 3.63) is 29.6 Å². The van der Waals surface area contributed by atoms with E-state index < -0.39 is 0 Å². The number of likely N-dealkylation sites (tertiary alicyclic amines) is 1. The predicted molar refractivity (Wildman–Crippen MR) is 89.9 cm³/mol. The Morgan fingerprint density at radius 1 is 1.12 bits per heavy atom. The summed E-state index contributed by atoms with van der Waals surface area (Å²) in [6, 6.07) is 5.42. The minimum Gasteiger partial charge on any atom is -0.378 e. The van der Waals surface area contributed by atoms with Gasteiger partial charge in [0.05, 0.1) is 13.2 Å². The molecule has 0 aromatic carbocycles. The summed E-state index contributed by atoms with van der Waals surface area (Å²) < 4.78 is 5.28. The van der Waals surface area contributed by atoms with Crippen LogP contribution in [0.4, 0.5) is 0 Å². The van der Waals surface area contributed by atoms with Gasteiger partial charge in [0, 0.05) is 25.7 Å². The van der Waals surface area contributed by atoms with Crippen molar-refractivity contribution in [2.24, 2.45) is 0 Å². The molecule has 0 saturated carbocycles. The van der Waals surface area contributed by atoms with Gasteiger partial charge in [-0.3, -0.25) is 9.59 Å². The number of morpholine rings is 1. The van der Waals surface area contributed by atoms with Gasteiger partial charge in [0.2, 0.25) is 0 Å². The molecule has 2 amide bonds. The minimum absolute atomic E-state index is 0.0572. The molecule has 0 bridgehead atoms. The van der Waals surface area contributed by atoms with Gasteiger partial charge < -0.3 is 14.5 Å². The smallest absolute Gasteiger partial charge is 0.272 e. The fourth-order valence-corrected chi connectivity index (χ4v) is 3.44. The highest BCUT2D eigenvalue weighted by Crippen LogP contribution is 2.21. The molecule has 1 unspecified atom stereocenters. The van der Waals surface area contributed by atoms with Gasteiger partial charge in [-0.05, 0) is 37.8 Å². The quantitative estimate of drug-likeness (QED) is 0.849. The lowest BCUT2D eigenvalue weighted by Crippen LogP contribution is -2.44. The zero-order valence-corrected chi connectivity index (χ0v) is 14.2. The number of aromatic nitrogens is 1. The number of piperidine rings is 1. The largest absolute Gasteiger partial charge is 0.378 e. The monoisotopic (exact) mass is 331 g/mol. The van der Waals surface area contributed by atoms with Crippen molar-refractivity contribution in [2.45, 2.75) is 38.6 Å². The summed E-state index contributed by atoms with van der Waals surface area (Å²) in [5.41, 5.74) is 0.710. The highest BCUT2D eigenvalue weighted by molar-refractivity contribution is 5.96. The van der Waals surface area contributed by atoms with Gasteiger partial charge in [-0.25, -0.2) is 4.98 Å². The standard InChI is InChI=1S/C18H25N3O3/c1-2-14-6-3-4-9-21(14)18(23)16-8-5-7-15(19-16)17(22)20-10-12-24-13-11-20/h5,7-8,14H,2-4,6,9-13H2,1H3. The Labute approximate surface area is 142 Å². The SMILES string of the molecule is CCC1CCCCN1C(=O)c1cccc(C(=O)N2CCOCC2)n1. The van der Waals surface area contributed by atoms with Gasteiger partial charge in [-0.1, -0.05) is 13.0 Å². The third kappa shape index (κ3) is 3.59. The van der Waals surface area contributed by atoms with Crippen LogP contribution in [-0.4, -0.2) is 65.5 Å². The number of hydrogen-bond donors (Lipinski definition) is 0. The molecule has 0 spiro atoms. The van der Waals surface area contributed by atoms with E-state index in [0.717, 1.165) is 25.8 Å². The number of ether oxygens (including phenoxy) is 1. The number of nitrogens with zero attached hydrogens (tertiary/aromatic N) is 3. The van der Waals surface area contributed by atoms with Crippen molar-refractivity contribution < 1.29 is 14.3 Å². The highest BCUT2D eigenvalue weighted by atomic mass is 16.5. The Balaban J connectivity index is 1.76. The van der Waals surface area contributed by atoms with Crippen LogP contribution in [0.15, 0.2) is 18.2 Å². The zero-order chi connectivity index (χ0) is 16.9. The molecule has 3 heterocycles. The molecule has 0 aliphatic carbocycles. The second kappa shape index (κ2) is 7.75. The number of pyridine rings is 1. The summed E-state index contributed by atoms with van der Waals surface area (Å²) in [6.07, 6.45) is 4.21. The van der Waals surface area contributed by atoms with E-state index in [1.807, 2.05) is 4.90 Å². The van der Waals surface area contributed by atoms with Crippen molar-refractivity contribution in [3.8, 4) is 0 Å². The van der Waals surface area contributed by atoms with Crippen LogP contribution < -0.4 is 0 Å². The van der Waals surface area contributed by atoms with Crippen molar-refractivity contribution in [2.75, 3.05) is 32.8 Å². The second-order valence-electron chi connectivity index (χ2n) is 6.37. The maximum atomic E-state index is 12.8. The molecule has 1 atom stereocenters. The first-order valence-electron chi connectivity index (χ1n) is 8.85. The van der Waals surface area contributed by atoms with E-state index in [-0.39, 0.29) is 17.9 Å². The molecule has 24 heavy (non-hydrogen) atoms. The maximum absolute atomic E-state index is 12.8. The minimum atomic E-state index is -0.126. The van der Waals surface area contributed by atoms with Crippen molar-refractivity contribution in [1.82, 2.24) is 14.8 Å². The summed E-state index contributed by atoms with van der Waals surface area (Å²) in [5, 5.41) is 0. The Morgan fingerprint density at radius 2 is 1.83 bits per heavy atom. The second-order valence-corrected chi connectivity index (χ2v) is 6.37. The van der Waals surface area contributed by atoms with Crippen molar-refractivity contribution >= 4 is 11.8 Å². The van der Waals surface area contributed by atoms with E-state index in [4.69, 9.17) is 4.74 Å². The average Bonchev–Trinajstić information content (AvgIpc) is 2.67. The van der Waals surface area contributed by atoms with Gasteiger partial charge in [0.15, 0.2) is 0 Å². The number of carbonyl (C=O) groups excluding carboxylic acids is 2. The van der Waals surface area contributed by atoms with Crippen molar-refractivity contribution in [1.29, 1.82) is 0 Å². The molecule has 6 heteroatoms. The molecule has 0 N–H and O–H groups in total. The molecule has 3 rings (SSSR count). The lowest BCUT2D eigenvalue weighted by Gasteiger charge is -2.35. The van der Waals surface area contributed by atoms with E-state index in [0.29, 0.717) is 37.7 Å². The Hall–Kier alpha value is -1.95. The van der Waals surface area contributed by atoms with E-state index in [1.54, 1.807) is 23.1 Å². The number of amides is 2. The summed E-state index contributed by atoms with van der Waals surface area (Å²) in [6.45, 7) is 5.14. The molecule has 1 aromatic rings. The zero-order valence-electron chi connectivity index (χ0n) is 14.2. The Bertz CT molecular complexity index is 599. The van der Waals surface area contributed by atoms with Crippen LogP contribution in [-0.2, 0) is 4.74 Å². The summed E-state index contributed by atoms with van der Waals surface area (Å²) in [4.78, 5) is 33.4. The molecule has 0 radical (unpaired) electrons. The topological polar surface area (TPSA) is 62.7 Å². The van der Waals surface area contributed by atoms with Crippen LogP contribution in [0.2, 0.25) is 0 Å². The first-order chi connectivity index (χ1) is 11.7. The van der Waals surface area contributed by atoms with Crippen LogP contribution in [0.3, 0.4) is 0 Å². The van der Waals surface area contributed by atoms with Gasteiger partial charge in [0.25, 0.3) is 11.8 Å². The lowest BCUT2D eigenvalue weighted by molar-refractivity contribution is 0.0298. The molecule has 130 valence electrons. The van der Waals surface area contributed by atoms with Crippen LogP contribution in [0, 0.1) is 0 Å². The third-order valence-corrected chi connectivity index (χ3v) is 4.84. The Morgan fingerprint density at radius 3 is 2.54 bits per heavy atom. The summed E-state index contributed by atoms with van der Waals surface area (Å²) in [7, 11) is 0. The third-order valence-electron chi connectivity index (χ3n) is 4.84. The van der Waals surface area contributed by atoms with Gasteiger partial charge in [-0.15, -0.1) is 0 Å². The van der Waals surface area contributed by atoms with Crippen LogP contribution in [0.1, 0.15) is 53.6 Å². The summed E-state index contributed by atoms with van der Waals surface area (Å²) in [5.74, 6) is -0.184. The van der Waals surface area contributed by atoms with Gasteiger partial charge in [0.1, 0.15) is 11.4 Å². The molecule has 6 nitrogen and oxygen atoms in total. The first-order valence-corrected chi connectivity index (χ1v) is 8.85. The first kappa shape index (κ1) is 16.9. The van der Waals surface area contributed by atoms with Gasteiger partial charge >= 0.3 is 0 Å². The molecule has 2 aliphatic rings. The fourth-order valence-electron chi connectivity index (χ4n) is 3.44. The lowest BCUT2D eigenvalue weighted by atomic mass is 9.99. The normalized spacial score (nSPS) is 21.6. The number of carbonyl (C=O) groups is 2.